The molecule has 2 saturated carbocycles. The molecule has 0 N–H and O–H groups in total. The molecule has 2 bridgehead atoms. The second-order valence-corrected chi connectivity index (χ2v) is 26.2. The van der Waals surface area contributed by atoms with Crippen LogP contribution in [-0.2, 0) is 10.8 Å². The van der Waals surface area contributed by atoms with Gasteiger partial charge in [-0.25, -0.2) is 0 Å². The van der Waals surface area contributed by atoms with E-state index in [1.807, 2.05) is 0 Å². The van der Waals surface area contributed by atoms with Crippen molar-refractivity contribution >= 4 is 45.9 Å². The standard InChI is InChI=1S/C73H63NSi/c1-3-52-48-55-46-51(2)47-56(49-52)72(55)68-34-20-21-35-69(68)73(66-32-18-16-30-64(66)65-31-17-19-33-67(65)73)71-50-59(42-45-70(71)72)74(57-22-8-4-9-23-57)58-40-36-53(37-41-58)54-38-43-63(44-39-54)75(60-24-10-5-11-25-60,61-26-12-6-13-27-61)62-28-14-7-15-29-62/h4-45,50-52,55-56H,3,46-49H2,1-2H3/t51-,52+,55+,56-,72?. The fraction of sp³-hybridized carbons (Fsp3) is 0.178. The van der Waals surface area contributed by atoms with Crippen LogP contribution in [0, 0.1) is 23.7 Å². The smallest absolute Gasteiger partial charge is 0.179 e. The first kappa shape index (κ1) is 45.8. The Morgan fingerprint density at radius 3 is 1.29 bits per heavy atom. The number of rotatable bonds is 9. The molecule has 10 aromatic rings. The Kier molecular flexibility index (Phi) is 11.1. The van der Waals surface area contributed by atoms with Gasteiger partial charge in [0.05, 0.1) is 5.41 Å². The highest BCUT2D eigenvalue weighted by Crippen LogP contribution is 2.69. The molecule has 2 heteroatoms. The van der Waals surface area contributed by atoms with E-state index in [0.717, 1.165) is 23.2 Å². The van der Waals surface area contributed by atoms with Crippen molar-refractivity contribution in [3.8, 4) is 22.3 Å². The van der Waals surface area contributed by atoms with Gasteiger partial charge in [-0.1, -0.05) is 245 Å². The lowest BCUT2D eigenvalue weighted by Gasteiger charge is -2.62. The molecule has 0 aliphatic heterocycles. The Balaban J connectivity index is 0.928. The van der Waals surface area contributed by atoms with Gasteiger partial charge < -0.3 is 4.90 Å². The summed E-state index contributed by atoms with van der Waals surface area (Å²) in [6, 6.07) is 99.9. The molecule has 1 unspecified atom stereocenters. The minimum atomic E-state index is -2.64. The Hall–Kier alpha value is -7.78. The highest BCUT2D eigenvalue weighted by Gasteiger charge is 2.62. The van der Waals surface area contributed by atoms with Gasteiger partial charge in [0.15, 0.2) is 8.07 Å². The number of hydrogen-bond donors (Lipinski definition) is 0. The highest BCUT2D eigenvalue weighted by atomic mass is 28.3. The Bertz CT molecular complexity index is 3520. The summed E-state index contributed by atoms with van der Waals surface area (Å²) in [6.45, 7) is 4.98. The van der Waals surface area contributed by atoms with Crippen LogP contribution in [0.4, 0.5) is 17.1 Å². The normalized spacial score (nSPS) is 20.7. The van der Waals surface area contributed by atoms with Crippen molar-refractivity contribution in [1.29, 1.82) is 0 Å². The average Bonchev–Trinajstić information content (AvgIpc) is 3.96. The second-order valence-electron chi connectivity index (χ2n) is 22.3. The van der Waals surface area contributed by atoms with Crippen LogP contribution in [0.1, 0.15) is 79.3 Å². The summed E-state index contributed by atoms with van der Waals surface area (Å²) in [5.74, 6) is 2.67. The van der Waals surface area contributed by atoms with E-state index in [-0.39, 0.29) is 5.41 Å². The Morgan fingerprint density at radius 1 is 0.373 bits per heavy atom. The minimum Gasteiger partial charge on any atom is -0.310 e. The molecule has 14 rings (SSSR count). The summed E-state index contributed by atoms with van der Waals surface area (Å²) in [5.41, 5.74) is 17.0. The predicted octanol–water partition coefficient (Wildman–Crippen LogP) is 15.6. The van der Waals surface area contributed by atoms with Crippen LogP contribution in [0.2, 0.25) is 0 Å². The molecule has 364 valence electrons. The van der Waals surface area contributed by atoms with Crippen LogP contribution in [0.5, 0.6) is 0 Å². The van der Waals surface area contributed by atoms with Gasteiger partial charge in [-0.05, 0) is 162 Å². The lowest BCUT2D eigenvalue weighted by atomic mass is 9.41. The molecule has 75 heavy (non-hydrogen) atoms. The zero-order valence-corrected chi connectivity index (χ0v) is 44.1. The Labute approximate surface area is 445 Å². The molecule has 0 saturated heterocycles. The first-order chi connectivity index (χ1) is 37.0. The summed E-state index contributed by atoms with van der Waals surface area (Å²) in [7, 11) is -2.64. The van der Waals surface area contributed by atoms with E-state index < -0.39 is 13.5 Å². The van der Waals surface area contributed by atoms with Crippen LogP contribution in [0.3, 0.4) is 0 Å². The summed E-state index contributed by atoms with van der Waals surface area (Å²) in [6.07, 6.45) is 6.43. The van der Waals surface area contributed by atoms with Crippen LogP contribution in [-0.4, -0.2) is 8.07 Å². The highest BCUT2D eigenvalue weighted by molar-refractivity contribution is 7.19. The zero-order chi connectivity index (χ0) is 50.1. The molecule has 4 aliphatic carbocycles. The van der Waals surface area contributed by atoms with Crippen molar-refractivity contribution in [2.75, 3.05) is 4.90 Å². The van der Waals surface area contributed by atoms with Gasteiger partial charge >= 0.3 is 0 Å². The number of fused-ring (bicyclic) bond motifs is 9. The SMILES string of the molecule is CC[C@@H]1C[C@H]2C[C@H](C)C[C@@H](C1)C21c2ccccc2C2(c3ccccc3-c3ccccc32)c2cc(N(c3ccccc3)c3ccc(-c4ccc([Si](c5ccccc5)(c5ccccc5)c5ccccc5)cc4)cc3)ccc21. The van der Waals surface area contributed by atoms with Gasteiger partial charge in [0.2, 0.25) is 0 Å². The van der Waals surface area contributed by atoms with Crippen molar-refractivity contribution in [2.24, 2.45) is 23.7 Å². The lowest BCUT2D eigenvalue weighted by molar-refractivity contribution is 0.0180. The van der Waals surface area contributed by atoms with E-state index in [1.54, 1.807) is 11.1 Å². The van der Waals surface area contributed by atoms with Crippen molar-refractivity contribution in [3.63, 3.8) is 0 Å². The van der Waals surface area contributed by atoms with E-state index in [1.165, 1.54) is 103 Å². The zero-order valence-electron chi connectivity index (χ0n) is 43.1. The van der Waals surface area contributed by atoms with Gasteiger partial charge in [-0.3, -0.25) is 0 Å². The van der Waals surface area contributed by atoms with Gasteiger partial charge in [-0.2, -0.15) is 0 Å². The summed E-state index contributed by atoms with van der Waals surface area (Å²) in [4.78, 5) is 2.51. The fourth-order valence-corrected chi connectivity index (χ4v) is 20.6. The van der Waals surface area contributed by atoms with Crippen molar-refractivity contribution in [1.82, 2.24) is 0 Å². The molecule has 5 atom stereocenters. The van der Waals surface area contributed by atoms with E-state index in [0.29, 0.717) is 11.8 Å². The quantitative estimate of drug-likeness (QED) is 0.103. The first-order valence-corrected chi connectivity index (χ1v) is 29.7. The molecule has 10 aromatic carbocycles. The van der Waals surface area contributed by atoms with E-state index in [4.69, 9.17) is 0 Å². The monoisotopic (exact) mass is 981 g/mol. The molecule has 2 fully saturated rings. The Morgan fingerprint density at radius 2 is 0.773 bits per heavy atom. The van der Waals surface area contributed by atoms with E-state index in [9.17, 15) is 0 Å². The summed E-state index contributed by atoms with van der Waals surface area (Å²) in [5, 5.41) is 5.53. The van der Waals surface area contributed by atoms with Crippen LogP contribution < -0.4 is 25.6 Å². The summed E-state index contributed by atoms with van der Waals surface area (Å²) < 4.78 is 0. The van der Waals surface area contributed by atoms with Crippen molar-refractivity contribution in [2.45, 2.75) is 56.8 Å². The third-order valence-corrected chi connectivity index (χ3v) is 23.5. The number of nitrogens with zero attached hydrogens (tertiary/aromatic N) is 1. The number of hydrogen-bond acceptors (Lipinski definition) is 1. The van der Waals surface area contributed by atoms with Crippen LogP contribution >= 0.6 is 0 Å². The number of anilines is 3. The largest absolute Gasteiger partial charge is 0.310 e. The van der Waals surface area contributed by atoms with Gasteiger partial charge in [0, 0.05) is 22.5 Å². The molecular formula is C73H63NSi. The van der Waals surface area contributed by atoms with Crippen molar-refractivity contribution < 1.29 is 0 Å². The maximum Gasteiger partial charge on any atom is 0.179 e. The molecule has 0 radical (unpaired) electrons. The van der Waals surface area contributed by atoms with E-state index >= 15 is 0 Å². The van der Waals surface area contributed by atoms with Crippen LogP contribution in [0.15, 0.2) is 261 Å². The number of benzene rings is 10. The predicted molar refractivity (Wildman–Crippen MR) is 317 cm³/mol. The third kappa shape index (κ3) is 6.81. The third-order valence-electron chi connectivity index (χ3n) is 18.7. The average molecular weight is 982 g/mol. The van der Waals surface area contributed by atoms with Gasteiger partial charge in [0.1, 0.15) is 0 Å². The van der Waals surface area contributed by atoms with Crippen LogP contribution in [0.25, 0.3) is 22.3 Å². The minimum absolute atomic E-state index is 0.0550. The molecule has 0 aromatic heterocycles. The molecule has 0 heterocycles. The van der Waals surface area contributed by atoms with Gasteiger partial charge in [-0.15, -0.1) is 0 Å². The van der Waals surface area contributed by atoms with E-state index in [2.05, 4.69) is 280 Å². The molecular weight excluding hydrogens is 919 g/mol. The maximum atomic E-state index is 2.65. The maximum absolute atomic E-state index is 2.65. The van der Waals surface area contributed by atoms with Gasteiger partial charge in [0.25, 0.3) is 0 Å². The molecule has 4 aliphatic rings. The lowest BCUT2D eigenvalue weighted by Crippen LogP contribution is -2.74. The van der Waals surface area contributed by atoms with Crippen molar-refractivity contribution in [3.05, 3.63) is 294 Å². The topological polar surface area (TPSA) is 3.24 Å². The fourth-order valence-electron chi connectivity index (χ4n) is 15.9. The molecule has 1 nitrogen and oxygen atoms in total. The summed E-state index contributed by atoms with van der Waals surface area (Å²) >= 11 is 0. The first-order valence-electron chi connectivity index (χ1n) is 27.7. The second kappa shape index (κ2) is 18.3. The molecule has 0 amide bonds. The molecule has 2 spiro atoms. The number of para-hydroxylation sites is 1.